The minimum atomic E-state index is -0.349. The van der Waals surface area contributed by atoms with Crippen LogP contribution < -0.4 is 5.32 Å². The predicted molar refractivity (Wildman–Crippen MR) is 80.0 cm³/mol. The summed E-state index contributed by atoms with van der Waals surface area (Å²) in [5.41, 5.74) is 1.17. The van der Waals surface area contributed by atoms with Crippen molar-refractivity contribution in [1.82, 2.24) is 0 Å². The zero-order chi connectivity index (χ0) is 14.4. The molecular formula is C16H12ClNO2. The molecule has 0 aliphatic rings. The minimum absolute atomic E-state index is 0.245. The van der Waals surface area contributed by atoms with Crippen LogP contribution in [-0.2, 0) is 4.79 Å². The van der Waals surface area contributed by atoms with Gasteiger partial charge in [-0.2, -0.15) is 0 Å². The average molecular weight is 286 g/mol. The van der Waals surface area contributed by atoms with E-state index < -0.39 is 0 Å². The van der Waals surface area contributed by atoms with Crippen molar-refractivity contribution in [3.05, 3.63) is 77.3 Å². The van der Waals surface area contributed by atoms with Gasteiger partial charge in [0, 0.05) is 22.3 Å². The number of rotatable bonds is 4. The molecule has 1 N–H and O–H groups in total. The lowest BCUT2D eigenvalue weighted by atomic mass is 10.1. The second-order valence-corrected chi connectivity index (χ2v) is 4.50. The van der Waals surface area contributed by atoms with Crippen molar-refractivity contribution >= 4 is 29.0 Å². The van der Waals surface area contributed by atoms with E-state index in [9.17, 15) is 9.59 Å². The van der Waals surface area contributed by atoms with Crippen LogP contribution in [0.1, 0.15) is 10.4 Å². The van der Waals surface area contributed by atoms with Gasteiger partial charge in [-0.05, 0) is 42.5 Å². The molecule has 2 aromatic carbocycles. The lowest BCUT2D eigenvalue weighted by Gasteiger charge is -2.00. The van der Waals surface area contributed by atoms with Crippen LogP contribution in [0.3, 0.4) is 0 Å². The number of halogens is 1. The molecule has 0 atom stereocenters. The van der Waals surface area contributed by atoms with E-state index in [2.05, 4.69) is 5.32 Å². The number of para-hydroxylation sites is 1. The standard InChI is InChI=1S/C16H12ClNO2/c17-13-8-6-12(7-9-13)15(19)10-11-16(20)18-14-4-2-1-3-5-14/h1-11H,(H,18,20)/b11-10+. The molecule has 2 rings (SSSR count). The molecule has 100 valence electrons. The number of allylic oxidation sites excluding steroid dienone is 1. The van der Waals surface area contributed by atoms with Crippen LogP contribution in [0.25, 0.3) is 0 Å². The summed E-state index contributed by atoms with van der Waals surface area (Å²) in [5.74, 6) is -0.594. The Labute approximate surface area is 121 Å². The van der Waals surface area contributed by atoms with Crippen molar-refractivity contribution in [3.63, 3.8) is 0 Å². The Kier molecular flexibility index (Phi) is 4.69. The smallest absolute Gasteiger partial charge is 0.248 e. The molecule has 3 nitrogen and oxygen atoms in total. The highest BCUT2D eigenvalue weighted by Gasteiger charge is 2.03. The number of benzene rings is 2. The van der Waals surface area contributed by atoms with Crippen LogP contribution in [0.5, 0.6) is 0 Å². The van der Waals surface area contributed by atoms with Crippen LogP contribution in [0.15, 0.2) is 66.7 Å². The van der Waals surface area contributed by atoms with E-state index in [1.54, 1.807) is 36.4 Å². The zero-order valence-electron chi connectivity index (χ0n) is 10.5. The van der Waals surface area contributed by atoms with Gasteiger partial charge in [-0.15, -0.1) is 0 Å². The third-order valence-electron chi connectivity index (χ3n) is 2.56. The van der Waals surface area contributed by atoms with Gasteiger partial charge >= 0.3 is 0 Å². The number of anilines is 1. The van der Waals surface area contributed by atoms with E-state index in [1.807, 2.05) is 18.2 Å². The normalized spacial score (nSPS) is 10.4. The second-order valence-electron chi connectivity index (χ2n) is 4.06. The number of ketones is 1. The van der Waals surface area contributed by atoms with E-state index in [0.717, 1.165) is 0 Å². The first kappa shape index (κ1) is 14.0. The monoisotopic (exact) mass is 285 g/mol. The van der Waals surface area contributed by atoms with Crippen LogP contribution in [0.4, 0.5) is 5.69 Å². The Hall–Kier alpha value is -2.39. The molecule has 0 heterocycles. The first-order valence-corrected chi connectivity index (χ1v) is 6.37. The van der Waals surface area contributed by atoms with Gasteiger partial charge in [-0.25, -0.2) is 0 Å². The molecule has 0 fully saturated rings. The predicted octanol–water partition coefficient (Wildman–Crippen LogP) is 3.72. The molecular weight excluding hydrogens is 274 g/mol. The summed E-state index contributed by atoms with van der Waals surface area (Å²) in [6, 6.07) is 15.5. The van der Waals surface area contributed by atoms with Gasteiger partial charge in [-0.1, -0.05) is 29.8 Å². The molecule has 0 saturated carbocycles. The van der Waals surface area contributed by atoms with Gasteiger partial charge in [0.1, 0.15) is 0 Å². The van der Waals surface area contributed by atoms with Crippen molar-refractivity contribution < 1.29 is 9.59 Å². The fourth-order valence-corrected chi connectivity index (χ4v) is 1.69. The summed E-state index contributed by atoms with van der Waals surface area (Å²) >= 11 is 5.74. The Bertz CT molecular complexity index is 633. The van der Waals surface area contributed by atoms with E-state index in [0.29, 0.717) is 16.3 Å². The molecule has 2 aromatic rings. The molecule has 1 amide bonds. The van der Waals surface area contributed by atoms with Crippen molar-refractivity contribution in [1.29, 1.82) is 0 Å². The molecule has 0 radical (unpaired) electrons. The van der Waals surface area contributed by atoms with Crippen molar-refractivity contribution in [3.8, 4) is 0 Å². The lowest BCUT2D eigenvalue weighted by molar-refractivity contribution is -0.111. The number of carbonyl (C=O) groups excluding carboxylic acids is 2. The highest BCUT2D eigenvalue weighted by molar-refractivity contribution is 6.30. The fourth-order valence-electron chi connectivity index (χ4n) is 1.57. The Morgan fingerprint density at radius 2 is 1.55 bits per heavy atom. The SMILES string of the molecule is O=C(/C=C/C(=O)c1ccc(Cl)cc1)Nc1ccccc1. The molecule has 0 spiro atoms. The largest absolute Gasteiger partial charge is 0.323 e. The first-order valence-electron chi connectivity index (χ1n) is 5.99. The first-order chi connectivity index (χ1) is 9.65. The highest BCUT2D eigenvalue weighted by atomic mass is 35.5. The number of hydrogen-bond donors (Lipinski definition) is 1. The van der Waals surface area contributed by atoms with E-state index in [4.69, 9.17) is 11.6 Å². The molecule has 4 heteroatoms. The molecule has 0 unspecified atom stereocenters. The van der Waals surface area contributed by atoms with E-state index in [1.165, 1.54) is 12.2 Å². The lowest BCUT2D eigenvalue weighted by Crippen LogP contribution is -2.08. The van der Waals surface area contributed by atoms with E-state index in [-0.39, 0.29) is 11.7 Å². The molecule has 0 aromatic heterocycles. The van der Waals surface area contributed by atoms with Crippen molar-refractivity contribution in [2.45, 2.75) is 0 Å². The molecule has 0 saturated heterocycles. The van der Waals surface area contributed by atoms with Crippen LogP contribution >= 0.6 is 11.6 Å². The van der Waals surface area contributed by atoms with Gasteiger partial charge < -0.3 is 5.32 Å². The van der Waals surface area contributed by atoms with Crippen LogP contribution in [0.2, 0.25) is 5.02 Å². The topological polar surface area (TPSA) is 46.2 Å². The maximum absolute atomic E-state index is 11.8. The van der Waals surface area contributed by atoms with Crippen molar-refractivity contribution in [2.75, 3.05) is 5.32 Å². The van der Waals surface area contributed by atoms with Crippen molar-refractivity contribution in [2.24, 2.45) is 0 Å². The Morgan fingerprint density at radius 1 is 0.900 bits per heavy atom. The summed E-state index contributed by atoms with van der Waals surface area (Å²) in [6.07, 6.45) is 2.45. The highest BCUT2D eigenvalue weighted by Crippen LogP contribution is 2.10. The van der Waals surface area contributed by atoms with Crippen LogP contribution in [0, 0.1) is 0 Å². The van der Waals surface area contributed by atoms with Gasteiger partial charge in [0.2, 0.25) is 5.91 Å². The summed E-state index contributed by atoms with van der Waals surface area (Å²) in [5, 5.41) is 3.22. The zero-order valence-corrected chi connectivity index (χ0v) is 11.3. The average Bonchev–Trinajstić information content (AvgIpc) is 2.46. The summed E-state index contributed by atoms with van der Waals surface area (Å²) in [4.78, 5) is 23.4. The van der Waals surface area contributed by atoms with Gasteiger partial charge in [0.25, 0.3) is 0 Å². The molecule has 0 bridgehead atoms. The van der Waals surface area contributed by atoms with Crippen LogP contribution in [-0.4, -0.2) is 11.7 Å². The van der Waals surface area contributed by atoms with Gasteiger partial charge in [0.15, 0.2) is 5.78 Å². The number of carbonyl (C=O) groups is 2. The fraction of sp³-hybridized carbons (Fsp3) is 0. The quantitative estimate of drug-likeness (QED) is 0.687. The minimum Gasteiger partial charge on any atom is -0.323 e. The number of hydrogen-bond acceptors (Lipinski definition) is 2. The van der Waals surface area contributed by atoms with Gasteiger partial charge in [-0.3, -0.25) is 9.59 Å². The maximum atomic E-state index is 11.8. The second kappa shape index (κ2) is 6.68. The molecule has 20 heavy (non-hydrogen) atoms. The Balaban J connectivity index is 1.97. The molecule has 0 aliphatic heterocycles. The number of nitrogens with one attached hydrogen (secondary N) is 1. The maximum Gasteiger partial charge on any atom is 0.248 e. The van der Waals surface area contributed by atoms with Gasteiger partial charge in [0.05, 0.1) is 0 Å². The molecule has 0 aliphatic carbocycles. The Morgan fingerprint density at radius 3 is 2.20 bits per heavy atom. The number of amides is 1. The third-order valence-corrected chi connectivity index (χ3v) is 2.81. The van der Waals surface area contributed by atoms with E-state index >= 15 is 0 Å². The third kappa shape index (κ3) is 4.07. The summed E-state index contributed by atoms with van der Waals surface area (Å²) in [7, 11) is 0. The summed E-state index contributed by atoms with van der Waals surface area (Å²) < 4.78 is 0. The summed E-state index contributed by atoms with van der Waals surface area (Å²) in [6.45, 7) is 0.